The molecule has 8 nitrogen and oxygen atoms in total. The molecule has 0 spiro atoms. The molecule has 5 rings (SSSR count). The number of nitrogens with two attached hydrogens (primary N) is 1. The lowest BCUT2D eigenvalue weighted by molar-refractivity contribution is -0.141. The van der Waals surface area contributed by atoms with Gasteiger partial charge in [-0.2, -0.15) is 13.2 Å². The Bertz CT molecular complexity index is 1460. The van der Waals surface area contributed by atoms with E-state index in [9.17, 15) is 22.8 Å². The van der Waals surface area contributed by atoms with Gasteiger partial charge >= 0.3 is 6.18 Å². The normalized spacial score (nSPS) is 21.0. The number of aromatic nitrogens is 4. The van der Waals surface area contributed by atoms with Crippen LogP contribution < -0.4 is 16.2 Å². The van der Waals surface area contributed by atoms with Crippen LogP contribution in [0.1, 0.15) is 59.9 Å². The van der Waals surface area contributed by atoms with Crippen molar-refractivity contribution in [2.45, 2.75) is 57.3 Å². The Morgan fingerprint density at radius 2 is 1.97 bits per heavy atom. The van der Waals surface area contributed by atoms with Crippen LogP contribution in [0.15, 0.2) is 41.6 Å². The first kappa shape index (κ1) is 27.2. The Labute approximate surface area is 228 Å². The maximum absolute atomic E-state index is 13.2. The van der Waals surface area contributed by atoms with Gasteiger partial charge in [0.2, 0.25) is 0 Å². The number of primary amides is 1. The van der Waals surface area contributed by atoms with Crippen LogP contribution in [0, 0.1) is 11.8 Å². The van der Waals surface area contributed by atoms with Crippen molar-refractivity contribution in [2.24, 2.45) is 24.6 Å². The predicted molar refractivity (Wildman–Crippen MR) is 141 cm³/mol. The van der Waals surface area contributed by atoms with Crippen LogP contribution in [0.25, 0.3) is 0 Å². The highest BCUT2D eigenvalue weighted by Crippen LogP contribution is 2.52. The number of pyridine rings is 1. The summed E-state index contributed by atoms with van der Waals surface area (Å²) in [5.41, 5.74) is 5.61. The topological polar surface area (TPSA) is 99.0 Å². The first-order chi connectivity index (χ1) is 18.4. The Kier molecular flexibility index (Phi) is 6.98. The fourth-order valence-electron chi connectivity index (χ4n) is 5.80. The first-order valence-corrected chi connectivity index (χ1v) is 13.2. The smallest absolute Gasteiger partial charge is 0.366 e. The molecule has 0 saturated heterocycles. The number of benzene rings is 1. The van der Waals surface area contributed by atoms with Crippen LogP contribution in [0.2, 0.25) is 5.02 Å². The zero-order valence-corrected chi connectivity index (χ0v) is 22.5. The molecule has 1 amide bonds. The molecule has 0 unspecified atom stereocenters. The van der Waals surface area contributed by atoms with Crippen molar-refractivity contribution in [3.05, 3.63) is 74.7 Å². The number of aryl methyl sites for hydroxylation is 1. The highest BCUT2D eigenvalue weighted by atomic mass is 35.5. The number of rotatable bonds is 9. The van der Waals surface area contributed by atoms with Gasteiger partial charge in [-0.1, -0.05) is 24.6 Å². The third kappa shape index (κ3) is 5.54. The van der Waals surface area contributed by atoms with E-state index in [1.165, 1.54) is 6.07 Å². The molecule has 208 valence electrons. The molecule has 0 radical (unpaired) electrons. The van der Waals surface area contributed by atoms with E-state index >= 15 is 0 Å². The summed E-state index contributed by atoms with van der Waals surface area (Å²) in [6, 6.07) is 7.15. The van der Waals surface area contributed by atoms with Crippen molar-refractivity contribution >= 4 is 23.2 Å². The molecular weight excluding hydrogens is 533 g/mol. The third-order valence-corrected chi connectivity index (χ3v) is 8.00. The van der Waals surface area contributed by atoms with E-state index in [0.717, 1.165) is 49.0 Å². The van der Waals surface area contributed by atoms with Gasteiger partial charge in [0.15, 0.2) is 0 Å². The van der Waals surface area contributed by atoms with Crippen LogP contribution >= 0.6 is 11.6 Å². The maximum atomic E-state index is 13.2. The van der Waals surface area contributed by atoms with Gasteiger partial charge in [-0.3, -0.25) is 9.59 Å². The number of carbonyl (C=O) groups is 1. The Hall–Kier alpha value is -3.34. The molecule has 3 aromatic rings. The lowest BCUT2D eigenvalue weighted by Crippen LogP contribution is -2.43. The molecule has 0 aliphatic heterocycles. The van der Waals surface area contributed by atoms with Gasteiger partial charge in [0.05, 0.1) is 16.1 Å². The first-order valence-electron chi connectivity index (χ1n) is 12.9. The van der Waals surface area contributed by atoms with Crippen molar-refractivity contribution in [3.63, 3.8) is 0 Å². The van der Waals surface area contributed by atoms with E-state index in [0.29, 0.717) is 33.5 Å². The van der Waals surface area contributed by atoms with Gasteiger partial charge in [0.25, 0.3) is 11.5 Å². The molecule has 0 atom stereocenters. The third-order valence-electron chi connectivity index (χ3n) is 7.68. The van der Waals surface area contributed by atoms with Gasteiger partial charge in [-0.25, -0.2) is 0 Å². The number of nitrogens with zero attached hydrogens (tertiary/aromatic N) is 5. The van der Waals surface area contributed by atoms with E-state index in [4.69, 9.17) is 17.3 Å². The van der Waals surface area contributed by atoms with Crippen LogP contribution in [-0.4, -0.2) is 38.0 Å². The molecule has 2 aliphatic rings. The monoisotopic (exact) mass is 562 g/mol. The molecule has 2 aliphatic carbocycles. The number of amides is 1. The minimum Gasteiger partial charge on any atom is -0.366 e. The molecular formula is C27H30ClF3N6O2. The highest BCUT2D eigenvalue weighted by molar-refractivity contribution is 6.33. The highest BCUT2D eigenvalue weighted by Gasteiger charge is 2.48. The van der Waals surface area contributed by atoms with E-state index in [2.05, 4.69) is 17.1 Å². The number of hydrogen-bond acceptors (Lipinski definition) is 5. The second-order valence-corrected chi connectivity index (χ2v) is 11.4. The summed E-state index contributed by atoms with van der Waals surface area (Å²) in [5, 5.41) is 9.01. The minimum atomic E-state index is -4.64. The molecule has 0 bridgehead atoms. The summed E-state index contributed by atoms with van der Waals surface area (Å²) in [4.78, 5) is 26.5. The van der Waals surface area contributed by atoms with Crippen LogP contribution in [-0.2, 0) is 25.6 Å². The van der Waals surface area contributed by atoms with E-state index in [-0.39, 0.29) is 12.0 Å². The Morgan fingerprint density at radius 3 is 2.54 bits per heavy atom. The number of alkyl halides is 3. The standard InChI is InChI=1S/C27H30ClF3N6O2/c1-16-9-26(10-16,25-34-33-15-35(25)2)19-5-6-21(28)22(8-19)36(11-17-3-4-17)12-18-7-20(23(32)38)24(39)37(13-18)14-27(29,30)31/h5-8,13,15-17H,3-4,9-12,14H2,1-2H3,(H2,32,38). The summed E-state index contributed by atoms with van der Waals surface area (Å²) < 4.78 is 42.0. The molecule has 2 aromatic heterocycles. The van der Waals surface area contributed by atoms with Crippen molar-refractivity contribution < 1.29 is 18.0 Å². The summed E-state index contributed by atoms with van der Waals surface area (Å²) in [6.07, 6.45) is 2.05. The number of anilines is 1. The lowest BCUT2D eigenvalue weighted by Gasteiger charge is -2.46. The van der Waals surface area contributed by atoms with E-state index in [1.54, 1.807) is 6.33 Å². The number of hydrogen-bond donors (Lipinski definition) is 1. The second-order valence-electron chi connectivity index (χ2n) is 11.0. The van der Waals surface area contributed by atoms with Gasteiger partial charge in [-0.05, 0) is 66.8 Å². The minimum absolute atomic E-state index is 0.144. The molecule has 39 heavy (non-hydrogen) atoms. The summed E-state index contributed by atoms with van der Waals surface area (Å²) in [6.45, 7) is 1.45. The lowest BCUT2D eigenvalue weighted by atomic mass is 9.58. The number of halogens is 4. The van der Waals surface area contributed by atoms with Gasteiger partial charge in [-0.15, -0.1) is 10.2 Å². The fraction of sp³-hybridized carbons (Fsp3) is 0.481. The second kappa shape index (κ2) is 10.0. The van der Waals surface area contributed by atoms with Crippen LogP contribution in [0.4, 0.5) is 18.9 Å². The molecule has 2 saturated carbocycles. The zero-order valence-electron chi connectivity index (χ0n) is 21.7. The maximum Gasteiger partial charge on any atom is 0.406 e. The predicted octanol–water partition coefficient (Wildman–Crippen LogP) is 4.42. The van der Waals surface area contributed by atoms with Crippen molar-refractivity contribution in [1.29, 1.82) is 0 Å². The quantitative estimate of drug-likeness (QED) is 0.416. The summed E-state index contributed by atoms with van der Waals surface area (Å²) in [5.74, 6) is 0.715. The van der Waals surface area contributed by atoms with Crippen LogP contribution in [0.5, 0.6) is 0 Å². The SMILES string of the molecule is CC1CC(c2ccc(Cl)c(N(Cc3cc(C(N)=O)c(=O)n(CC(F)(F)F)c3)CC3CC3)c2)(c2nncn2C)C1. The van der Waals surface area contributed by atoms with Crippen molar-refractivity contribution in [2.75, 3.05) is 11.4 Å². The zero-order chi connectivity index (χ0) is 28.1. The summed E-state index contributed by atoms with van der Waals surface area (Å²) >= 11 is 6.73. The van der Waals surface area contributed by atoms with E-state index in [1.807, 2.05) is 34.7 Å². The Balaban J connectivity index is 1.56. The molecule has 2 N–H and O–H groups in total. The fourth-order valence-corrected chi connectivity index (χ4v) is 6.04. The number of carbonyl (C=O) groups excluding carboxylic acids is 1. The Morgan fingerprint density at radius 1 is 1.26 bits per heavy atom. The van der Waals surface area contributed by atoms with Crippen LogP contribution in [0.3, 0.4) is 0 Å². The average Bonchev–Trinajstić information content (AvgIpc) is 3.55. The van der Waals surface area contributed by atoms with Gasteiger partial charge in [0, 0.05) is 26.3 Å². The van der Waals surface area contributed by atoms with Gasteiger partial charge < -0.3 is 19.8 Å². The van der Waals surface area contributed by atoms with Crippen molar-refractivity contribution in [3.8, 4) is 0 Å². The largest absolute Gasteiger partial charge is 0.406 e. The van der Waals surface area contributed by atoms with E-state index < -0.39 is 29.8 Å². The molecule has 12 heteroatoms. The van der Waals surface area contributed by atoms with Crippen molar-refractivity contribution in [1.82, 2.24) is 19.3 Å². The molecule has 1 aromatic carbocycles. The van der Waals surface area contributed by atoms with Gasteiger partial charge in [0.1, 0.15) is 24.3 Å². The summed E-state index contributed by atoms with van der Waals surface area (Å²) in [7, 11) is 1.92. The molecule has 2 heterocycles. The average molecular weight is 563 g/mol. The molecule has 2 fully saturated rings.